The van der Waals surface area contributed by atoms with E-state index < -0.39 is 0 Å². The fourth-order valence-corrected chi connectivity index (χ4v) is 2.57. The first-order chi connectivity index (χ1) is 9.26. The lowest BCUT2D eigenvalue weighted by Gasteiger charge is -2.27. The quantitative estimate of drug-likeness (QED) is 0.887. The van der Waals surface area contributed by atoms with E-state index in [9.17, 15) is 4.39 Å². The van der Waals surface area contributed by atoms with Gasteiger partial charge >= 0.3 is 0 Å². The molecule has 1 heterocycles. The van der Waals surface area contributed by atoms with Crippen molar-refractivity contribution in [2.75, 3.05) is 19.0 Å². The molecule has 0 aromatic heterocycles. The third kappa shape index (κ3) is 2.41. The van der Waals surface area contributed by atoms with E-state index in [-0.39, 0.29) is 5.82 Å². The summed E-state index contributed by atoms with van der Waals surface area (Å²) >= 11 is 0. The number of hydrogen-bond acceptors (Lipinski definition) is 2. The average molecular weight is 257 g/mol. The molecule has 19 heavy (non-hydrogen) atoms. The van der Waals surface area contributed by atoms with Crippen molar-refractivity contribution in [1.82, 2.24) is 0 Å². The minimum Gasteiger partial charge on any atom is -0.497 e. The maximum atomic E-state index is 12.9. The van der Waals surface area contributed by atoms with E-state index in [1.54, 1.807) is 7.11 Å². The third-order valence-electron chi connectivity index (χ3n) is 3.66. The Kier molecular flexibility index (Phi) is 3.11. The van der Waals surface area contributed by atoms with Crippen molar-refractivity contribution >= 4 is 5.69 Å². The number of benzene rings is 2. The lowest BCUT2D eigenvalue weighted by molar-refractivity contribution is 0.414. The molecule has 1 N–H and O–H groups in total. The molecule has 3 rings (SSSR count). The lowest BCUT2D eigenvalue weighted by atomic mass is 9.88. The zero-order valence-corrected chi connectivity index (χ0v) is 10.8. The highest BCUT2D eigenvalue weighted by Crippen LogP contribution is 2.32. The Hall–Kier alpha value is -2.03. The van der Waals surface area contributed by atoms with Crippen molar-refractivity contribution < 1.29 is 9.13 Å². The maximum absolute atomic E-state index is 12.9. The molecule has 2 aromatic rings. The van der Waals surface area contributed by atoms with Crippen molar-refractivity contribution in [2.24, 2.45) is 0 Å². The fourth-order valence-electron chi connectivity index (χ4n) is 2.57. The first-order valence-electron chi connectivity index (χ1n) is 6.42. The third-order valence-corrected chi connectivity index (χ3v) is 3.66. The van der Waals surface area contributed by atoms with Crippen LogP contribution in [0.5, 0.6) is 5.75 Å². The molecule has 0 aliphatic carbocycles. The summed E-state index contributed by atoms with van der Waals surface area (Å²) in [5, 5.41) is 3.43. The number of nitrogens with one attached hydrogen (secondary N) is 1. The van der Waals surface area contributed by atoms with Gasteiger partial charge in [-0.3, -0.25) is 0 Å². The van der Waals surface area contributed by atoms with Crippen molar-refractivity contribution in [2.45, 2.75) is 12.3 Å². The number of hydrogen-bond donors (Lipinski definition) is 1. The van der Waals surface area contributed by atoms with E-state index in [1.165, 1.54) is 23.3 Å². The second-order valence-corrected chi connectivity index (χ2v) is 4.86. The van der Waals surface area contributed by atoms with Gasteiger partial charge in [-0.25, -0.2) is 4.39 Å². The summed E-state index contributed by atoms with van der Waals surface area (Å²) < 4.78 is 18.2. The predicted octanol–water partition coefficient (Wildman–Crippen LogP) is 3.59. The molecule has 0 spiro atoms. The molecule has 1 aliphatic heterocycles. The summed E-state index contributed by atoms with van der Waals surface area (Å²) in [5.41, 5.74) is 3.59. The van der Waals surface area contributed by atoms with Crippen molar-refractivity contribution in [1.29, 1.82) is 0 Å². The van der Waals surface area contributed by atoms with E-state index in [2.05, 4.69) is 11.4 Å². The van der Waals surface area contributed by atoms with Crippen LogP contribution in [-0.4, -0.2) is 13.7 Å². The Morgan fingerprint density at radius 2 is 1.95 bits per heavy atom. The minimum absolute atomic E-state index is 0.183. The van der Waals surface area contributed by atoms with Crippen molar-refractivity contribution in [3.05, 3.63) is 59.4 Å². The predicted molar refractivity (Wildman–Crippen MR) is 74.3 cm³/mol. The van der Waals surface area contributed by atoms with Crippen LogP contribution in [0.1, 0.15) is 17.0 Å². The van der Waals surface area contributed by atoms with E-state index in [1.807, 2.05) is 24.3 Å². The first kappa shape index (κ1) is 12.0. The number of fused-ring (bicyclic) bond motifs is 1. The number of methoxy groups -OCH3 is 1. The summed E-state index contributed by atoms with van der Waals surface area (Å²) in [7, 11) is 1.67. The van der Waals surface area contributed by atoms with Crippen molar-refractivity contribution in [3.63, 3.8) is 0 Å². The normalized spacial score (nSPS) is 17.5. The zero-order chi connectivity index (χ0) is 13.2. The molecule has 0 amide bonds. The van der Waals surface area contributed by atoms with Crippen LogP contribution in [0.25, 0.3) is 0 Å². The van der Waals surface area contributed by atoms with Crippen LogP contribution in [-0.2, 0) is 6.42 Å². The molecule has 2 aromatic carbocycles. The molecule has 0 saturated heterocycles. The van der Waals surface area contributed by atoms with Gasteiger partial charge in [0.2, 0.25) is 0 Å². The number of rotatable bonds is 2. The lowest BCUT2D eigenvalue weighted by Crippen LogP contribution is -2.21. The maximum Gasteiger partial charge on any atom is 0.123 e. The van der Waals surface area contributed by atoms with Crippen LogP contribution >= 0.6 is 0 Å². The Balaban J connectivity index is 1.84. The fraction of sp³-hybridized carbons (Fsp3) is 0.250. The molecule has 2 nitrogen and oxygen atoms in total. The molecule has 0 radical (unpaired) electrons. The van der Waals surface area contributed by atoms with Gasteiger partial charge < -0.3 is 10.1 Å². The van der Waals surface area contributed by atoms with Gasteiger partial charge in [0.05, 0.1) is 7.11 Å². The van der Waals surface area contributed by atoms with Crippen LogP contribution in [0.4, 0.5) is 10.1 Å². The van der Waals surface area contributed by atoms with Crippen LogP contribution in [0.2, 0.25) is 0 Å². The molecule has 0 bridgehead atoms. The highest BCUT2D eigenvalue weighted by atomic mass is 19.1. The van der Waals surface area contributed by atoms with Crippen LogP contribution in [0, 0.1) is 5.82 Å². The molecule has 98 valence electrons. The minimum atomic E-state index is -0.183. The Morgan fingerprint density at radius 1 is 1.16 bits per heavy atom. The summed E-state index contributed by atoms with van der Waals surface area (Å²) in [5.74, 6) is 1.07. The van der Waals surface area contributed by atoms with Gasteiger partial charge in [-0.1, -0.05) is 18.2 Å². The molecular weight excluding hydrogens is 241 g/mol. The summed E-state index contributed by atoms with van der Waals surface area (Å²) in [6.07, 6.45) is 0.970. The number of halogens is 1. The first-order valence-corrected chi connectivity index (χ1v) is 6.42. The molecule has 0 saturated carbocycles. The summed E-state index contributed by atoms with van der Waals surface area (Å²) in [6.45, 7) is 0.867. The van der Waals surface area contributed by atoms with Crippen LogP contribution in [0.3, 0.4) is 0 Å². The molecule has 3 heteroatoms. The molecule has 1 unspecified atom stereocenters. The van der Waals surface area contributed by atoms with Gasteiger partial charge in [-0.2, -0.15) is 0 Å². The SMILES string of the molecule is COc1ccc2c(c1)NCC(c1ccc(F)cc1)C2. The Morgan fingerprint density at radius 3 is 2.68 bits per heavy atom. The summed E-state index contributed by atoms with van der Waals surface area (Å²) in [4.78, 5) is 0. The van der Waals surface area contributed by atoms with Gasteiger partial charge in [-0.15, -0.1) is 0 Å². The standard InChI is InChI=1S/C16H16FNO/c1-19-15-7-4-12-8-13(10-18-16(12)9-15)11-2-5-14(17)6-3-11/h2-7,9,13,18H,8,10H2,1H3. The molecule has 1 atom stereocenters. The van der Waals surface area contributed by atoms with Crippen LogP contribution in [0.15, 0.2) is 42.5 Å². The van der Waals surface area contributed by atoms with E-state index in [4.69, 9.17) is 4.74 Å². The molecule has 0 fully saturated rings. The monoisotopic (exact) mass is 257 g/mol. The van der Waals surface area contributed by atoms with Gasteiger partial charge in [0.25, 0.3) is 0 Å². The van der Waals surface area contributed by atoms with Crippen LogP contribution < -0.4 is 10.1 Å². The molecule has 1 aliphatic rings. The Bertz CT molecular complexity index is 580. The van der Waals surface area contributed by atoms with E-state index in [0.717, 1.165) is 24.4 Å². The molecular formula is C16H16FNO. The highest BCUT2D eigenvalue weighted by Gasteiger charge is 2.20. The second kappa shape index (κ2) is 4.92. The summed E-state index contributed by atoms with van der Waals surface area (Å²) in [6, 6.07) is 12.9. The zero-order valence-electron chi connectivity index (χ0n) is 10.8. The second-order valence-electron chi connectivity index (χ2n) is 4.86. The average Bonchev–Trinajstić information content (AvgIpc) is 2.47. The largest absolute Gasteiger partial charge is 0.497 e. The topological polar surface area (TPSA) is 21.3 Å². The van der Waals surface area contributed by atoms with Gasteiger partial charge in [0.15, 0.2) is 0 Å². The van der Waals surface area contributed by atoms with Gasteiger partial charge in [-0.05, 0) is 35.7 Å². The number of ether oxygens (including phenoxy) is 1. The highest BCUT2D eigenvalue weighted by molar-refractivity contribution is 5.58. The van der Waals surface area contributed by atoms with Gasteiger partial charge in [0, 0.05) is 24.2 Å². The van der Waals surface area contributed by atoms with Gasteiger partial charge in [0.1, 0.15) is 11.6 Å². The van der Waals surface area contributed by atoms with Crippen molar-refractivity contribution in [3.8, 4) is 5.75 Å². The van der Waals surface area contributed by atoms with E-state index in [0.29, 0.717) is 5.92 Å². The number of anilines is 1. The Labute approximate surface area is 112 Å². The smallest absolute Gasteiger partial charge is 0.123 e. The van der Waals surface area contributed by atoms with E-state index >= 15 is 0 Å².